The fraction of sp³-hybridized carbons (Fsp3) is 0.917. The van der Waals surface area contributed by atoms with E-state index in [1.165, 1.54) is 0 Å². The van der Waals surface area contributed by atoms with Crippen LogP contribution in [-0.4, -0.2) is 44.5 Å². The van der Waals surface area contributed by atoms with Gasteiger partial charge in [-0.25, -0.2) is 8.42 Å². The van der Waals surface area contributed by atoms with E-state index in [0.29, 0.717) is 26.1 Å². The van der Waals surface area contributed by atoms with Crippen molar-refractivity contribution < 1.29 is 13.2 Å². The maximum Gasteiger partial charge on any atom is 0.221 e. The van der Waals surface area contributed by atoms with Crippen LogP contribution in [0, 0.1) is 0 Å². The van der Waals surface area contributed by atoms with Gasteiger partial charge < -0.3 is 10.6 Å². The van der Waals surface area contributed by atoms with Crippen LogP contribution in [0.3, 0.4) is 0 Å². The van der Waals surface area contributed by atoms with Gasteiger partial charge in [-0.2, -0.15) is 0 Å². The van der Waals surface area contributed by atoms with Crippen LogP contribution < -0.4 is 10.6 Å². The Morgan fingerprint density at radius 3 is 2.22 bits per heavy atom. The van der Waals surface area contributed by atoms with E-state index in [-0.39, 0.29) is 11.7 Å². The molecule has 0 fully saturated rings. The maximum absolute atomic E-state index is 11.8. The van der Waals surface area contributed by atoms with E-state index in [1.54, 1.807) is 20.8 Å². The number of rotatable bonds is 8. The molecule has 0 aliphatic carbocycles. The molecule has 0 aliphatic rings. The zero-order valence-corrected chi connectivity index (χ0v) is 12.7. The third-order valence-electron chi connectivity index (χ3n) is 2.58. The Kier molecular flexibility index (Phi) is 7.47. The zero-order chi connectivity index (χ0) is 14.2. The highest BCUT2D eigenvalue weighted by Crippen LogP contribution is 2.14. The summed E-state index contributed by atoms with van der Waals surface area (Å²) in [5.74, 6) is 0.107. The van der Waals surface area contributed by atoms with Gasteiger partial charge in [0, 0.05) is 26.1 Å². The van der Waals surface area contributed by atoms with Crippen LogP contribution >= 0.6 is 0 Å². The van der Waals surface area contributed by atoms with E-state index >= 15 is 0 Å². The molecule has 1 amide bonds. The minimum atomic E-state index is -3.08. The van der Waals surface area contributed by atoms with E-state index in [9.17, 15) is 13.2 Å². The second-order valence-corrected chi connectivity index (χ2v) is 8.14. The van der Waals surface area contributed by atoms with Crippen molar-refractivity contribution in [1.82, 2.24) is 10.6 Å². The van der Waals surface area contributed by atoms with Gasteiger partial charge in [-0.15, -0.1) is 0 Å². The number of sulfone groups is 1. The first-order valence-corrected chi connectivity index (χ1v) is 8.05. The van der Waals surface area contributed by atoms with Crippen LogP contribution in [-0.2, 0) is 14.6 Å². The quantitative estimate of drug-likeness (QED) is 0.641. The first-order valence-electron chi connectivity index (χ1n) is 6.40. The Hall–Kier alpha value is -0.620. The topological polar surface area (TPSA) is 75.3 Å². The lowest BCUT2D eigenvalue weighted by Crippen LogP contribution is -2.35. The molecule has 0 aromatic heterocycles. The Bertz CT molecular complexity index is 345. The van der Waals surface area contributed by atoms with E-state index in [0.717, 1.165) is 6.42 Å². The lowest BCUT2D eigenvalue weighted by molar-refractivity contribution is -0.120. The molecule has 0 saturated carbocycles. The SMILES string of the molecule is CCCNC(=O)CCNCCS(=O)(=O)C(C)(C)C. The number of hydrogen-bond donors (Lipinski definition) is 2. The molecule has 0 bridgehead atoms. The molecule has 108 valence electrons. The van der Waals surface area contributed by atoms with E-state index in [2.05, 4.69) is 10.6 Å². The van der Waals surface area contributed by atoms with E-state index < -0.39 is 14.6 Å². The fourth-order valence-electron chi connectivity index (χ4n) is 1.19. The average molecular weight is 278 g/mol. The predicted octanol–water partition coefficient (Wildman–Crippen LogP) is 0.706. The minimum Gasteiger partial charge on any atom is -0.356 e. The summed E-state index contributed by atoms with van der Waals surface area (Å²) in [4.78, 5) is 11.3. The molecule has 0 rings (SSSR count). The Morgan fingerprint density at radius 2 is 1.72 bits per heavy atom. The molecule has 0 radical (unpaired) electrons. The lowest BCUT2D eigenvalue weighted by atomic mass is 10.3. The molecule has 0 aromatic rings. The van der Waals surface area contributed by atoms with Crippen molar-refractivity contribution >= 4 is 15.7 Å². The van der Waals surface area contributed by atoms with Crippen molar-refractivity contribution in [2.24, 2.45) is 0 Å². The molecule has 2 N–H and O–H groups in total. The fourth-order valence-corrected chi connectivity index (χ4v) is 2.22. The van der Waals surface area contributed by atoms with Crippen LogP contribution in [0.2, 0.25) is 0 Å². The first kappa shape index (κ1) is 17.4. The summed E-state index contributed by atoms with van der Waals surface area (Å²) in [5, 5.41) is 5.75. The third-order valence-corrected chi connectivity index (χ3v) is 5.19. The summed E-state index contributed by atoms with van der Waals surface area (Å²) in [6, 6.07) is 0. The summed E-state index contributed by atoms with van der Waals surface area (Å²) >= 11 is 0. The van der Waals surface area contributed by atoms with Crippen molar-refractivity contribution in [1.29, 1.82) is 0 Å². The summed E-state index contributed by atoms with van der Waals surface area (Å²) in [5.41, 5.74) is 0. The van der Waals surface area contributed by atoms with E-state index in [4.69, 9.17) is 0 Å². The molecule has 18 heavy (non-hydrogen) atoms. The molecule has 0 unspecified atom stereocenters. The zero-order valence-electron chi connectivity index (χ0n) is 11.9. The highest BCUT2D eigenvalue weighted by Gasteiger charge is 2.27. The molecule has 0 atom stereocenters. The Labute approximate surface area is 111 Å². The Balaban J connectivity index is 3.73. The van der Waals surface area contributed by atoms with Gasteiger partial charge in [0.15, 0.2) is 9.84 Å². The van der Waals surface area contributed by atoms with Crippen LogP contribution in [0.15, 0.2) is 0 Å². The second-order valence-electron chi connectivity index (χ2n) is 5.28. The van der Waals surface area contributed by atoms with Crippen molar-refractivity contribution in [3.63, 3.8) is 0 Å². The predicted molar refractivity (Wildman–Crippen MR) is 74.3 cm³/mol. The molecule has 0 aliphatic heterocycles. The molecular formula is C12H26N2O3S. The number of carbonyl (C=O) groups excluding carboxylic acids is 1. The van der Waals surface area contributed by atoms with Gasteiger partial charge in [0.25, 0.3) is 0 Å². The Morgan fingerprint density at radius 1 is 1.11 bits per heavy atom. The van der Waals surface area contributed by atoms with Gasteiger partial charge in [-0.05, 0) is 27.2 Å². The molecule has 0 heterocycles. The standard InChI is InChI=1S/C12H26N2O3S/c1-5-7-14-11(15)6-8-13-9-10-18(16,17)12(2,3)4/h13H,5-10H2,1-4H3,(H,14,15). The van der Waals surface area contributed by atoms with Gasteiger partial charge >= 0.3 is 0 Å². The van der Waals surface area contributed by atoms with Crippen molar-refractivity contribution in [2.45, 2.75) is 45.3 Å². The first-order chi connectivity index (χ1) is 8.20. The molecule has 0 saturated heterocycles. The van der Waals surface area contributed by atoms with Crippen LogP contribution in [0.4, 0.5) is 0 Å². The van der Waals surface area contributed by atoms with Gasteiger partial charge in [0.1, 0.15) is 0 Å². The normalized spacial score (nSPS) is 12.4. The molecule has 0 aromatic carbocycles. The van der Waals surface area contributed by atoms with Gasteiger partial charge in [0.2, 0.25) is 5.91 Å². The van der Waals surface area contributed by atoms with Crippen molar-refractivity contribution in [3.05, 3.63) is 0 Å². The highest BCUT2D eigenvalue weighted by atomic mass is 32.2. The van der Waals surface area contributed by atoms with Crippen molar-refractivity contribution in [3.8, 4) is 0 Å². The number of carbonyl (C=O) groups is 1. The van der Waals surface area contributed by atoms with E-state index in [1.807, 2.05) is 6.92 Å². The molecule has 6 heteroatoms. The summed E-state index contributed by atoms with van der Waals surface area (Å²) in [7, 11) is -3.08. The molecule has 5 nitrogen and oxygen atoms in total. The van der Waals surface area contributed by atoms with Gasteiger partial charge in [-0.3, -0.25) is 4.79 Å². The third kappa shape index (κ3) is 6.96. The smallest absolute Gasteiger partial charge is 0.221 e. The van der Waals surface area contributed by atoms with Crippen LogP contribution in [0.5, 0.6) is 0 Å². The number of hydrogen-bond acceptors (Lipinski definition) is 4. The van der Waals surface area contributed by atoms with Crippen LogP contribution in [0.25, 0.3) is 0 Å². The highest BCUT2D eigenvalue weighted by molar-refractivity contribution is 7.92. The summed E-state index contributed by atoms with van der Waals surface area (Å²) < 4.78 is 22.8. The molecule has 0 spiro atoms. The lowest BCUT2D eigenvalue weighted by Gasteiger charge is -2.19. The van der Waals surface area contributed by atoms with Gasteiger partial charge in [-0.1, -0.05) is 6.92 Å². The second kappa shape index (κ2) is 7.74. The minimum absolute atomic E-state index is 0.00280. The summed E-state index contributed by atoms with van der Waals surface area (Å²) in [6.07, 6.45) is 1.30. The maximum atomic E-state index is 11.8. The monoisotopic (exact) mass is 278 g/mol. The average Bonchev–Trinajstić information content (AvgIpc) is 2.24. The van der Waals surface area contributed by atoms with Crippen molar-refractivity contribution in [2.75, 3.05) is 25.4 Å². The van der Waals surface area contributed by atoms with Gasteiger partial charge in [0.05, 0.1) is 10.5 Å². The number of nitrogens with one attached hydrogen (secondary N) is 2. The van der Waals surface area contributed by atoms with Crippen LogP contribution in [0.1, 0.15) is 40.5 Å². The summed E-state index contributed by atoms with van der Waals surface area (Å²) in [6.45, 7) is 8.67. The molecular weight excluding hydrogens is 252 g/mol. The largest absolute Gasteiger partial charge is 0.356 e. The number of amides is 1.